The van der Waals surface area contributed by atoms with Crippen LogP contribution in [0.1, 0.15) is 13.3 Å². The third-order valence-electron chi connectivity index (χ3n) is 0.885. The van der Waals surface area contributed by atoms with Crippen LogP contribution in [0.3, 0.4) is 0 Å². The van der Waals surface area contributed by atoms with Crippen LogP contribution < -0.4 is 5.32 Å². The zero-order valence-electron chi connectivity index (χ0n) is 5.61. The lowest BCUT2D eigenvalue weighted by molar-refractivity contribution is -0.139. The molecular formula is C6H12FNO. The minimum atomic E-state index is -0.0344. The second kappa shape index (κ2) is 5.72. The monoisotopic (exact) mass is 133 g/mol. The number of hydrogen-bond acceptors (Lipinski definition) is 2. The van der Waals surface area contributed by atoms with Gasteiger partial charge in [0.2, 0.25) is 0 Å². The standard InChI is InChI=1S/C6H12FNO/c1-6(2)3-4-8-5-9-7/h8H,1,3-5H2,2H3. The van der Waals surface area contributed by atoms with Crippen molar-refractivity contribution < 1.29 is 9.47 Å². The van der Waals surface area contributed by atoms with Crippen LogP contribution in [0.5, 0.6) is 0 Å². The highest BCUT2D eigenvalue weighted by molar-refractivity contribution is 4.87. The molecule has 0 radical (unpaired) electrons. The highest BCUT2D eigenvalue weighted by atomic mass is 19.3. The first-order chi connectivity index (χ1) is 4.27. The van der Waals surface area contributed by atoms with Gasteiger partial charge in [-0.15, -0.1) is 6.58 Å². The Kier molecular flexibility index (Phi) is 5.46. The number of hydrogen-bond donors (Lipinski definition) is 1. The van der Waals surface area contributed by atoms with Gasteiger partial charge in [0.05, 0.1) is 0 Å². The molecule has 0 aliphatic carbocycles. The molecule has 0 saturated carbocycles. The molecule has 0 fully saturated rings. The second-order valence-corrected chi connectivity index (χ2v) is 1.96. The molecule has 0 aromatic heterocycles. The van der Waals surface area contributed by atoms with Gasteiger partial charge in [0.1, 0.15) is 6.73 Å². The molecule has 0 rings (SSSR count). The maximum Gasteiger partial charge on any atom is 0.138 e. The Balaban J connectivity index is 2.83. The van der Waals surface area contributed by atoms with E-state index in [1.807, 2.05) is 6.92 Å². The second-order valence-electron chi connectivity index (χ2n) is 1.96. The molecule has 0 aromatic rings. The molecule has 1 N–H and O–H groups in total. The topological polar surface area (TPSA) is 21.3 Å². The van der Waals surface area contributed by atoms with E-state index in [9.17, 15) is 4.53 Å². The number of halogens is 1. The maximum atomic E-state index is 10.9. The lowest BCUT2D eigenvalue weighted by atomic mass is 10.2. The van der Waals surface area contributed by atoms with Crippen molar-refractivity contribution >= 4 is 0 Å². The van der Waals surface area contributed by atoms with Crippen molar-refractivity contribution in [3.8, 4) is 0 Å². The molecule has 54 valence electrons. The van der Waals surface area contributed by atoms with E-state index in [-0.39, 0.29) is 6.73 Å². The van der Waals surface area contributed by atoms with E-state index in [4.69, 9.17) is 0 Å². The number of nitrogens with one attached hydrogen (secondary N) is 1. The van der Waals surface area contributed by atoms with Gasteiger partial charge < -0.3 is 0 Å². The Bertz CT molecular complexity index is 85.1. The highest BCUT2D eigenvalue weighted by Gasteiger charge is 1.85. The fourth-order valence-corrected chi connectivity index (χ4v) is 0.413. The van der Waals surface area contributed by atoms with E-state index in [0.717, 1.165) is 18.5 Å². The Morgan fingerprint density at radius 2 is 2.44 bits per heavy atom. The molecule has 9 heavy (non-hydrogen) atoms. The molecule has 0 aromatic carbocycles. The fraction of sp³-hybridized carbons (Fsp3) is 0.667. The van der Waals surface area contributed by atoms with E-state index in [2.05, 4.69) is 16.8 Å². The maximum absolute atomic E-state index is 10.9. The molecule has 3 heteroatoms. The van der Waals surface area contributed by atoms with Gasteiger partial charge in [0.25, 0.3) is 0 Å². The molecular weight excluding hydrogens is 121 g/mol. The van der Waals surface area contributed by atoms with E-state index in [1.165, 1.54) is 0 Å². The lowest BCUT2D eigenvalue weighted by Crippen LogP contribution is -2.16. The summed E-state index contributed by atoms with van der Waals surface area (Å²) in [5.74, 6) is 0. The van der Waals surface area contributed by atoms with E-state index < -0.39 is 0 Å². The SMILES string of the molecule is C=C(C)CCNCOF. The summed E-state index contributed by atoms with van der Waals surface area (Å²) in [6, 6.07) is 0. The molecule has 0 saturated heterocycles. The normalized spacial score (nSPS) is 9.56. The minimum absolute atomic E-state index is 0.0344. The average molecular weight is 133 g/mol. The van der Waals surface area contributed by atoms with E-state index in [1.54, 1.807) is 0 Å². The van der Waals surface area contributed by atoms with Gasteiger partial charge in [0, 0.05) is 6.54 Å². The largest absolute Gasteiger partial charge is 0.291 e. The van der Waals surface area contributed by atoms with Gasteiger partial charge >= 0.3 is 0 Å². The molecule has 2 nitrogen and oxygen atoms in total. The molecule has 0 heterocycles. The Morgan fingerprint density at radius 1 is 1.78 bits per heavy atom. The minimum Gasteiger partial charge on any atom is -0.291 e. The van der Waals surface area contributed by atoms with Crippen molar-refractivity contribution in [3.05, 3.63) is 12.2 Å². The number of rotatable bonds is 5. The lowest BCUT2D eigenvalue weighted by Gasteiger charge is -1.98. The van der Waals surface area contributed by atoms with Gasteiger partial charge in [-0.1, -0.05) is 5.57 Å². The van der Waals surface area contributed by atoms with Crippen LogP contribution >= 0.6 is 0 Å². The predicted octanol–water partition coefficient (Wildman–Crippen LogP) is 1.40. The predicted molar refractivity (Wildman–Crippen MR) is 34.5 cm³/mol. The van der Waals surface area contributed by atoms with Crippen molar-refractivity contribution in [3.63, 3.8) is 0 Å². The molecule has 0 amide bonds. The molecule has 0 bridgehead atoms. The van der Waals surface area contributed by atoms with Gasteiger partial charge in [-0.3, -0.25) is 5.32 Å². The summed E-state index contributed by atoms with van der Waals surface area (Å²) in [6.45, 7) is 6.29. The summed E-state index contributed by atoms with van der Waals surface area (Å²) < 4.78 is 10.9. The highest BCUT2D eigenvalue weighted by Crippen LogP contribution is 1.91. The quantitative estimate of drug-likeness (QED) is 0.348. The van der Waals surface area contributed by atoms with Gasteiger partial charge in [0.15, 0.2) is 0 Å². The first-order valence-corrected chi connectivity index (χ1v) is 2.86. The van der Waals surface area contributed by atoms with Crippen LogP contribution in [0.25, 0.3) is 0 Å². The third kappa shape index (κ3) is 7.59. The van der Waals surface area contributed by atoms with Crippen LogP contribution in [-0.4, -0.2) is 13.3 Å². The summed E-state index contributed by atoms with van der Waals surface area (Å²) >= 11 is 0. The summed E-state index contributed by atoms with van der Waals surface area (Å²) in [4.78, 5) is 3.28. The zero-order chi connectivity index (χ0) is 7.11. The molecule has 0 atom stereocenters. The third-order valence-corrected chi connectivity index (χ3v) is 0.885. The first-order valence-electron chi connectivity index (χ1n) is 2.86. The fourth-order valence-electron chi connectivity index (χ4n) is 0.413. The first kappa shape index (κ1) is 8.59. The summed E-state index contributed by atoms with van der Waals surface area (Å²) in [6.07, 6.45) is 0.864. The van der Waals surface area contributed by atoms with Gasteiger partial charge in [-0.2, -0.15) is 4.94 Å². The summed E-state index contributed by atoms with van der Waals surface area (Å²) in [5.41, 5.74) is 1.08. The Hall–Kier alpha value is -0.410. The molecule has 0 aliphatic rings. The van der Waals surface area contributed by atoms with Gasteiger partial charge in [-0.05, 0) is 17.9 Å². The molecule has 0 aliphatic heterocycles. The smallest absolute Gasteiger partial charge is 0.138 e. The van der Waals surface area contributed by atoms with Gasteiger partial charge in [-0.25, -0.2) is 0 Å². The van der Waals surface area contributed by atoms with E-state index in [0.29, 0.717) is 0 Å². The van der Waals surface area contributed by atoms with Crippen LogP contribution in [-0.2, 0) is 4.94 Å². The summed E-state index contributed by atoms with van der Waals surface area (Å²) in [7, 11) is 0. The van der Waals surface area contributed by atoms with Crippen molar-refractivity contribution in [2.45, 2.75) is 13.3 Å². The van der Waals surface area contributed by atoms with Crippen molar-refractivity contribution in [1.82, 2.24) is 5.32 Å². The van der Waals surface area contributed by atoms with Crippen LogP contribution in [0.15, 0.2) is 12.2 Å². The molecule has 0 spiro atoms. The summed E-state index contributed by atoms with van der Waals surface area (Å²) in [5, 5.41) is 2.71. The zero-order valence-corrected chi connectivity index (χ0v) is 5.61. The Morgan fingerprint density at radius 3 is 2.89 bits per heavy atom. The van der Waals surface area contributed by atoms with Crippen molar-refractivity contribution in [1.29, 1.82) is 0 Å². The molecule has 0 unspecified atom stereocenters. The van der Waals surface area contributed by atoms with Crippen molar-refractivity contribution in [2.24, 2.45) is 0 Å². The van der Waals surface area contributed by atoms with Crippen LogP contribution in [0, 0.1) is 0 Å². The average Bonchev–Trinajstić information content (AvgIpc) is 1.80. The van der Waals surface area contributed by atoms with Crippen LogP contribution in [0.2, 0.25) is 0 Å². The van der Waals surface area contributed by atoms with Crippen molar-refractivity contribution in [2.75, 3.05) is 13.3 Å². The van der Waals surface area contributed by atoms with E-state index >= 15 is 0 Å². The Labute approximate surface area is 54.6 Å². The van der Waals surface area contributed by atoms with Crippen LogP contribution in [0.4, 0.5) is 4.53 Å².